The van der Waals surface area contributed by atoms with E-state index in [-0.39, 0.29) is 0 Å². The van der Waals surface area contributed by atoms with Crippen LogP contribution in [0.4, 0.5) is 5.69 Å². The first-order valence-electron chi connectivity index (χ1n) is 7.20. The number of hydrogen-bond donors (Lipinski definition) is 1. The average Bonchev–Trinajstić information content (AvgIpc) is 2.98. The summed E-state index contributed by atoms with van der Waals surface area (Å²) in [4.78, 5) is 1.36. The van der Waals surface area contributed by atoms with Crippen LogP contribution in [-0.4, -0.2) is 8.42 Å². The SMILES string of the molecule is Cc1ccc(C)c(S(=O)(=O)Nc2csc(-c3ccccc3)c2)c1. The van der Waals surface area contributed by atoms with Gasteiger partial charge in [0.1, 0.15) is 0 Å². The van der Waals surface area contributed by atoms with Crippen molar-refractivity contribution in [3.8, 4) is 10.4 Å². The van der Waals surface area contributed by atoms with E-state index in [1.807, 2.05) is 60.8 Å². The second-order valence-electron chi connectivity index (χ2n) is 5.44. The number of rotatable bonds is 4. The van der Waals surface area contributed by atoms with Crippen molar-refractivity contribution in [3.05, 3.63) is 71.1 Å². The van der Waals surface area contributed by atoms with Gasteiger partial charge in [-0.1, -0.05) is 42.5 Å². The minimum Gasteiger partial charge on any atom is -0.279 e. The fraction of sp³-hybridized carbons (Fsp3) is 0.111. The molecule has 0 fully saturated rings. The van der Waals surface area contributed by atoms with Gasteiger partial charge in [0, 0.05) is 10.3 Å². The molecule has 0 radical (unpaired) electrons. The maximum Gasteiger partial charge on any atom is 0.262 e. The zero-order valence-electron chi connectivity index (χ0n) is 12.9. The van der Waals surface area contributed by atoms with Crippen molar-refractivity contribution in [2.24, 2.45) is 0 Å². The second-order valence-corrected chi connectivity index (χ2v) is 8.00. The molecule has 3 aromatic rings. The van der Waals surface area contributed by atoms with Crippen LogP contribution in [0.2, 0.25) is 0 Å². The fourth-order valence-electron chi connectivity index (χ4n) is 2.35. The van der Waals surface area contributed by atoms with Gasteiger partial charge < -0.3 is 0 Å². The third-order valence-corrected chi connectivity index (χ3v) is 6.05. The molecule has 1 N–H and O–H groups in total. The van der Waals surface area contributed by atoms with E-state index in [9.17, 15) is 8.42 Å². The molecule has 1 aromatic heterocycles. The first-order valence-corrected chi connectivity index (χ1v) is 9.56. The highest BCUT2D eigenvalue weighted by Gasteiger charge is 2.18. The molecule has 0 aliphatic carbocycles. The van der Waals surface area contributed by atoms with E-state index in [1.165, 1.54) is 11.3 Å². The summed E-state index contributed by atoms with van der Waals surface area (Å²) in [6.07, 6.45) is 0. The van der Waals surface area contributed by atoms with Crippen LogP contribution in [0.15, 0.2) is 64.9 Å². The fourth-order valence-corrected chi connectivity index (χ4v) is 4.64. The van der Waals surface area contributed by atoms with Crippen LogP contribution in [0.1, 0.15) is 11.1 Å². The highest BCUT2D eigenvalue weighted by Crippen LogP contribution is 2.31. The molecule has 3 nitrogen and oxygen atoms in total. The Labute approximate surface area is 140 Å². The first kappa shape index (κ1) is 15.8. The molecular weight excluding hydrogens is 326 g/mol. The molecule has 5 heteroatoms. The van der Waals surface area contributed by atoms with Crippen LogP contribution in [0.25, 0.3) is 10.4 Å². The molecule has 118 valence electrons. The molecule has 0 bridgehead atoms. The standard InChI is InChI=1S/C18H17NO2S2/c1-13-8-9-14(2)18(10-13)23(20,21)19-16-11-17(22-12-16)15-6-4-3-5-7-15/h3-12,19H,1-2H3. The minimum atomic E-state index is -3.58. The average molecular weight is 343 g/mol. The zero-order chi connectivity index (χ0) is 16.4. The molecular formula is C18H17NO2S2. The lowest BCUT2D eigenvalue weighted by atomic mass is 10.2. The van der Waals surface area contributed by atoms with E-state index < -0.39 is 10.0 Å². The molecule has 0 amide bonds. The highest BCUT2D eigenvalue weighted by atomic mass is 32.2. The number of sulfonamides is 1. The number of benzene rings is 2. The van der Waals surface area contributed by atoms with Gasteiger partial charge in [0.25, 0.3) is 10.0 Å². The molecule has 23 heavy (non-hydrogen) atoms. The van der Waals surface area contributed by atoms with Crippen molar-refractivity contribution in [2.45, 2.75) is 18.7 Å². The summed E-state index contributed by atoms with van der Waals surface area (Å²) < 4.78 is 27.9. The van der Waals surface area contributed by atoms with Crippen LogP contribution >= 0.6 is 11.3 Å². The minimum absolute atomic E-state index is 0.324. The zero-order valence-corrected chi connectivity index (χ0v) is 14.5. The van der Waals surface area contributed by atoms with Crippen molar-refractivity contribution >= 4 is 27.0 Å². The van der Waals surface area contributed by atoms with Gasteiger partial charge in [-0.2, -0.15) is 0 Å². The summed E-state index contributed by atoms with van der Waals surface area (Å²) in [7, 11) is -3.58. The van der Waals surface area contributed by atoms with Gasteiger partial charge in [0.15, 0.2) is 0 Å². The Morgan fingerprint density at radius 2 is 1.70 bits per heavy atom. The van der Waals surface area contributed by atoms with Crippen molar-refractivity contribution in [1.82, 2.24) is 0 Å². The van der Waals surface area contributed by atoms with E-state index >= 15 is 0 Å². The summed E-state index contributed by atoms with van der Waals surface area (Å²) >= 11 is 1.52. The molecule has 3 rings (SSSR count). The molecule has 0 aliphatic heterocycles. The topological polar surface area (TPSA) is 46.2 Å². The largest absolute Gasteiger partial charge is 0.279 e. The Morgan fingerprint density at radius 1 is 0.957 bits per heavy atom. The van der Waals surface area contributed by atoms with Crippen LogP contribution in [0, 0.1) is 13.8 Å². The third kappa shape index (κ3) is 3.46. The van der Waals surface area contributed by atoms with Crippen molar-refractivity contribution in [1.29, 1.82) is 0 Å². The Bertz CT molecular complexity index is 929. The van der Waals surface area contributed by atoms with Crippen molar-refractivity contribution in [2.75, 3.05) is 4.72 Å². The Hall–Kier alpha value is -2.11. The lowest BCUT2D eigenvalue weighted by molar-refractivity contribution is 0.600. The Balaban J connectivity index is 1.90. The van der Waals surface area contributed by atoms with Gasteiger partial charge in [-0.15, -0.1) is 11.3 Å². The molecule has 0 saturated heterocycles. The summed E-state index contributed by atoms with van der Waals surface area (Å²) in [5.74, 6) is 0. The molecule has 0 unspecified atom stereocenters. The molecule has 0 spiro atoms. The van der Waals surface area contributed by atoms with Gasteiger partial charge in [-0.3, -0.25) is 4.72 Å². The molecule has 0 atom stereocenters. The van der Waals surface area contributed by atoms with E-state index in [2.05, 4.69) is 4.72 Å². The summed E-state index contributed by atoms with van der Waals surface area (Å²) in [6.45, 7) is 3.69. The van der Waals surface area contributed by atoms with Gasteiger partial charge in [-0.05, 0) is 42.7 Å². The van der Waals surface area contributed by atoms with Crippen LogP contribution < -0.4 is 4.72 Å². The number of thiophene rings is 1. The van der Waals surface area contributed by atoms with E-state index in [1.54, 1.807) is 13.0 Å². The van der Waals surface area contributed by atoms with E-state index in [0.29, 0.717) is 10.6 Å². The summed E-state index contributed by atoms with van der Waals surface area (Å²) in [6, 6.07) is 17.2. The highest BCUT2D eigenvalue weighted by molar-refractivity contribution is 7.92. The van der Waals surface area contributed by atoms with Gasteiger partial charge >= 0.3 is 0 Å². The predicted octanol–water partition coefficient (Wildman–Crippen LogP) is 4.83. The molecule has 2 aromatic carbocycles. The number of hydrogen-bond acceptors (Lipinski definition) is 3. The number of anilines is 1. The molecule has 0 aliphatic rings. The lowest BCUT2D eigenvalue weighted by Gasteiger charge is -2.09. The number of aryl methyl sites for hydroxylation is 2. The first-order chi connectivity index (χ1) is 11.0. The predicted molar refractivity (Wildman–Crippen MR) is 96.5 cm³/mol. The number of nitrogens with one attached hydrogen (secondary N) is 1. The van der Waals surface area contributed by atoms with Gasteiger partial charge in [0.05, 0.1) is 10.6 Å². The van der Waals surface area contributed by atoms with E-state index in [4.69, 9.17) is 0 Å². The van der Waals surface area contributed by atoms with E-state index in [0.717, 1.165) is 21.6 Å². The van der Waals surface area contributed by atoms with Gasteiger partial charge in [0.2, 0.25) is 0 Å². The quantitative estimate of drug-likeness (QED) is 0.737. The maximum atomic E-state index is 12.6. The van der Waals surface area contributed by atoms with Crippen molar-refractivity contribution in [3.63, 3.8) is 0 Å². The summed E-state index contributed by atoms with van der Waals surface area (Å²) in [5.41, 5.74) is 3.33. The van der Waals surface area contributed by atoms with Gasteiger partial charge in [-0.25, -0.2) is 8.42 Å². The smallest absolute Gasteiger partial charge is 0.262 e. The van der Waals surface area contributed by atoms with Crippen LogP contribution in [0.3, 0.4) is 0 Å². The second kappa shape index (κ2) is 6.18. The molecule has 0 saturated carbocycles. The maximum absolute atomic E-state index is 12.6. The Kier molecular flexibility index (Phi) is 4.24. The molecule has 1 heterocycles. The Morgan fingerprint density at radius 3 is 2.43 bits per heavy atom. The third-order valence-electron chi connectivity index (χ3n) is 3.54. The van der Waals surface area contributed by atoms with Crippen LogP contribution in [-0.2, 0) is 10.0 Å². The van der Waals surface area contributed by atoms with Crippen molar-refractivity contribution < 1.29 is 8.42 Å². The monoisotopic (exact) mass is 343 g/mol. The van der Waals surface area contributed by atoms with Crippen LogP contribution in [0.5, 0.6) is 0 Å². The normalized spacial score (nSPS) is 11.4. The lowest BCUT2D eigenvalue weighted by Crippen LogP contribution is -2.14. The summed E-state index contributed by atoms with van der Waals surface area (Å²) in [5, 5.41) is 1.82.